The Morgan fingerprint density at radius 1 is 1.46 bits per heavy atom. The molecule has 0 spiro atoms. The van der Waals surface area contributed by atoms with Gasteiger partial charge in [0, 0.05) is 0 Å². The maximum Gasteiger partial charge on any atom is 0.305 e. The molecule has 0 aliphatic rings. The summed E-state index contributed by atoms with van der Waals surface area (Å²) < 4.78 is 0. The van der Waals surface area contributed by atoms with Gasteiger partial charge in [0.15, 0.2) is 0 Å². The fourth-order valence-corrected chi connectivity index (χ4v) is 1.15. The number of aliphatic carboxylic acids is 1. The Balaban J connectivity index is 4.34. The molecule has 0 fully saturated rings. The summed E-state index contributed by atoms with van der Waals surface area (Å²) in [5.74, 6) is -1.27. The molecule has 0 saturated carbocycles. The van der Waals surface area contributed by atoms with Crippen molar-refractivity contribution in [1.29, 1.82) is 0 Å². The lowest BCUT2D eigenvalue weighted by Gasteiger charge is -2.24. The van der Waals surface area contributed by atoms with Gasteiger partial charge in [-0.3, -0.25) is 9.59 Å². The van der Waals surface area contributed by atoms with Gasteiger partial charge in [-0.15, -0.1) is 0 Å². The molecule has 76 valence electrons. The first-order chi connectivity index (χ1) is 5.92. The van der Waals surface area contributed by atoms with Crippen LogP contribution in [0, 0.1) is 0 Å². The second-order valence-corrected chi connectivity index (χ2v) is 3.39. The molecule has 0 saturated heterocycles. The van der Waals surface area contributed by atoms with Crippen LogP contribution < -0.4 is 5.73 Å². The van der Waals surface area contributed by atoms with Crippen LogP contribution in [0.2, 0.25) is 0 Å². The van der Waals surface area contributed by atoms with Crippen molar-refractivity contribution < 1.29 is 14.7 Å². The third kappa shape index (κ3) is 4.03. The quantitative estimate of drug-likeness (QED) is 0.648. The van der Waals surface area contributed by atoms with Gasteiger partial charge < -0.3 is 10.8 Å². The van der Waals surface area contributed by atoms with Crippen LogP contribution in [0.15, 0.2) is 0 Å². The summed E-state index contributed by atoms with van der Waals surface area (Å²) in [5, 5.41) is 8.57. The van der Waals surface area contributed by atoms with E-state index in [1.807, 2.05) is 6.92 Å². The number of ketones is 1. The second-order valence-electron chi connectivity index (χ2n) is 3.39. The lowest BCUT2D eigenvalue weighted by atomic mass is 9.86. The lowest BCUT2D eigenvalue weighted by Crippen LogP contribution is -2.48. The zero-order chi connectivity index (χ0) is 10.5. The lowest BCUT2D eigenvalue weighted by molar-refractivity contribution is -0.141. The van der Waals surface area contributed by atoms with Gasteiger partial charge in [0.1, 0.15) is 5.78 Å². The Hall–Kier alpha value is -0.900. The van der Waals surface area contributed by atoms with Crippen molar-refractivity contribution in [2.45, 2.75) is 45.1 Å². The Labute approximate surface area is 78.1 Å². The van der Waals surface area contributed by atoms with Crippen molar-refractivity contribution in [3.05, 3.63) is 0 Å². The van der Waals surface area contributed by atoms with E-state index in [4.69, 9.17) is 10.8 Å². The van der Waals surface area contributed by atoms with E-state index in [2.05, 4.69) is 0 Å². The standard InChI is InChI=1S/C9H17NO3/c1-3-4-5-9(10,7(2)11)6-8(12)13/h3-6,10H2,1-2H3,(H,12,13). The molecule has 0 aliphatic heterocycles. The fourth-order valence-electron chi connectivity index (χ4n) is 1.15. The minimum atomic E-state index is -1.16. The third-order valence-electron chi connectivity index (χ3n) is 2.14. The highest BCUT2D eigenvalue weighted by atomic mass is 16.4. The highest BCUT2D eigenvalue weighted by molar-refractivity contribution is 5.90. The van der Waals surface area contributed by atoms with Gasteiger partial charge in [0.05, 0.1) is 12.0 Å². The maximum atomic E-state index is 11.1. The SMILES string of the molecule is CCCCC(N)(CC(=O)O)C(C)=O. The highest BCUT2D eigenvalue weighted by Gasteiger charge is 2.32. The van der Waals surface area contributed by atoms with Gasteiger partial charge in [-0.2, -0.15) is 0 Å². The van der Waals surface area contributed by atoms with Gasteiger partial charge in [-0.05, 0) is 13.3 Å². The van der Waals surface area contributed by atoms with Crippen molar-refractivity contribution in [3.8, 4) is 0 Å². The highest BCUT2D eigenvalue weighted by Crippen LogP contribution is 2.16. The molecule has 1 unspecified atom stereocenters. The normalized spacial score (nSPS) is 15.0. The molecule has 4 heteroatoms. The topological polar surface area (TPSA) is 80.4 Å². The van der Waals surface area contributed by atoms with Crippen molar-refractivity contribution in [2.24, 2.45) is 5.73 Å². The third-order valence-corrected chi connectivity index (χ3v) is 2.14. The number of rotatable bonds is 6. The van der Waals surface area contributed by atoms with Gasteiger partial charge >= 0.3 is 5.97 Å². The van der Waals surface area contributed by atoms with Crippen molar-refractivity contribution in [2.75, 3.05) is 0 Å². The van der Waals surface area contributed by atoms with Crippen LogP contribution in [0.5, 0.6) is 0 Å². The molecular formula is C9H17NO3. The molecule has 3 N–H and O–H groups in total. The number of unbranched alkanes of at least 4 members (excludes halogenated alkanes) is 1. The largest absolute Gasteiger partial charge is 0.481 e. The van der Waals surface area contributed by atoms with E-state index in [0.29, 0.717) is 6.42 Å². The van der Waals surface area contributed by atoms with Crippen LogP contribution in [-0.2, 0) is 9.59 Å². The number of hydrogen-bond acceptors (Lipinski definition) is 3. The van der Waals surface area contributed by atoms with E-state index >= 15 is 0 Å². The zero-order valence-corrected chi connectivity index (χ0v) is 8.17. The van der Waals surface area contributed by atoms with E-state index in [9.17, 15) is 9.59 Å². The molecule has 0 rings (SSSR count). The predicted octanol–water partition coefficient (Wildman–Crippen LogP) is 0.938. The summed E-state index contributed by atoms with van der Waals surface area (Å²) in [7, 11) is 0. The van der Waals surface area contributed by atoms with E-state index in [1.54, 1.807) is 0 Å². The Morgan fingerprint density at radius 3 is 2.31 bits per heavy atom. The molecule has 0 aliphatic carbocycles. The van der Waals surface area contributed by atoms with Crippen LogP contribution in [0.1, 0.15) is 39.5 Å². The van der Waals surface area contributed by atoms with Crippen molar-refractivity contribution in [3.63, 3.8) is 0 Å². The number of carboxylic acids is 1. The van der Waals surface area contributed by atoms with Gasteiger partial charge in [0.25, 0.3) is 0 Å². The van der Waals surface area contributed by atoms with Crippen LogP contribution in [0.3, 0.4) is 0 Å². The van der Waals surface area contributed by atoms with Gasteiger partial charge in [-0.1, -0.05) is 19.8 Å². The van der Waals surface area contributed by atoms with Crippen LogP contribution in [0.4, 0.5) is 0 Å². The summed E-state index contributed by atoms with van der Waals surface area (Å²) in [6.45, 7) is 3.32. The number of carbonyl (C=O) groups excluding carboxylic acids is 1. The van der Waals surface area contributed by atoms with Gasteiger partial charge in [0.2, 0.25) is 0 Å². The molecule has 0 aromatic heterocycles. The molecule has 4 nitrogen and oxygen atoms in total. The van der Waals surface area contributed by atoms with E-state index in [0.717, 1.165) is 12.8 Å². The fraction of sp³-hybridized carbons (Fsp3) is 0.778. The average Bonchev–Trinajstić information content (AvgIpc) is 1.99. The molecule has 0 radical (unpaired) electrons. The molecule has 0 bridgehead atoms. The Morgan fingerprint density at radius 2 is 2.00 bits per heavy atom. The van der Waals surface area contributed by atoms with Crippen molar-refractivity contribution >= 4 is 11.8 Å². The van der Waals surface area contributed by atoms with Crippen LogP contribution in [-0.4, -0.2) is 22.4 Å². The monoisotopic (exact) mass is 187 g/mol. The van der Waals surface area contributed by atoms with E-state index < -0.39 is 11.5 Å². The van der Waals surface area contributed by atoms with E-state index in [1.165, 1.54) is 6.92 Å². The minimum Gasteiger partial charge on any atom is -0.481 e. The second kappa shape index (κ2) is 4.97. The predicted molar refractivity (Wildman–Crippen MR) is 49.4 cm³/mol. The average molecular weight is 187 g/mol. The molecule has 1 atom stereocenters. The Bertz CT molecular complexity index is 203. The van der Waals surface area contributed by atoms with Gasteiger partial charge in [-0.25, -0.2) is 0 Å². The molecule has 13 heavy (non-hydrogen) atoms. The number of carboxylic acid groups (broad SMARTS) is 1. The summed E-state index contributed by atoms with van der Waals surface area (Å²) in [6.07, 6.45) is 1.86. The van der Waals surface area contributed by atoms with Crippen LogP contribution >= 0.6 is 0 Å². The molecule has 0 aromatic rings. The Kier molecular flexibility index (Phi) is 4.62. The number of carbonyl (C=O) groups is 2. The summed E-state index contributed by atoms with van der Waals surface area (Å²) in [6, 6.07) is 0. The zero-order valence-electron chi connectivity index (χ0n) is 8.17. The number of Topliss-reactive ketones (excluding diaryl/α,β-unsaturated/α-hetero) is 1. The summed E-state index contributed by atoms with van der Waals surface area (Å²) in [4.78, 5) is 21.6. The molecule has 0 aromatic carbocycles. The van der Waals surface area contributed by atoms with Crippen molar-refractivity contribution in [1.82, 2.24) is 0 Å². The minimum absolute atomic E-state index is 0.247. The molecular weight excluding hydrogens is 170 g/mol. The number of nitrogens with two attached hydrogens (primary N) is 1. The first kappa shape index (κ1) is 12.1. The smallest absolute Gasteiger partial charge is 0.305 e. The van der Waals surface area contributed by atoms with E-state index in [-0.39, 0.29) is 12.2 Å². The summed E-state index contributed by atoms with van der Waals surface area (Å²) in [5.41, 5.74) is 4.53. The first-order valence-corrected chi connectivity index (χ1v) is 4.44. The maximum absolute atomic E-state index is 11.1. The molecule has 0 amide bonds. The number of hydrogen-bond donors (Lipinski definition) is 2. The van der Waals surface area contributed by atoms with Crippen LogP contribution in [0.25, 0.3) is 0 Å². The molecule has 0 heterocycles. The first-order valence-electron chi connectivity index (χ1n) is 4.44. The summed E-state index contributed by atoms with van der Waals surface area (Å²) >= 11 is 0.